The van der Waals surface area contributed by atoms with Crippen LogP contribution in [0.15, 0.2) is 30.3 Å². The van der Waals surface area contributed by atoms with E-state index in [1.165, 1.54) is 0 Å². The Kier molecular flexibility index (Phi) is 4.81. The van der Waals surface area contributed by atoms with Gasteiger partial charge in [0.15, 0.2) is 0 Å². The molecule has 1 aromatic carbocycles. The highest BCUT2D eigenvalue weighted by molar-refractivity contribution is 7.12. The first kappa shape index (κ1) is 15.0. The molecule has 106 valence electrons. The van der Waals surface area contributed by atoms with E-state index in [1.807, 2.05) is 19.9 Å². The number of hydrogen-bond acceptors (Lipinski definition) is 3. The van der Waals surface area contributed by atoms with Crippen molar-refractivity contribution in [3.05, 3.63) is 56.2 Å². The number of halogens is 1. The fourth-order valence-electron chi connectivity index (χ4n) is 2.00. The number of aliphatic hydroxyl groups excluding tert-OH is 1. The fourth-order valence-corrected chi connectivity index (χ4v) is 3.18. The second-order valence-corrected chi connectivity index (χ2v) is 6.44. The zero-order chi connectivity index (χ0) is 14.7. The smallest absolute Gasteiger partial charge is 0.252 e. The van der Waals surface area contributed by atoms with E-state index in [0.29, 0.717) is 16.1 Å². The highest BCUT2D eigenvalue weighted by Crippen LogP contribution is 2.23. The van der Waals surface area contributed by atoms with E-state index in [9.17, 15) is 9.90 Å². The third-order valence-electron chi connectivity index (χ3n) is 3.01. The lowest BCUT2D eigenvalue weighted by Gasteiger charge is -2.13. The van der Waals surface area contributed by atoms with E-state index in [-0.39, 0.29) is 12.5 Å². The summed E-state index contributed by atoms with van der Waals surface area (Å²) in [4.78, 5) is 14.1. The highest BCUT2D eigenvalue weighted by Gasteiger charge is 2.15. The van der Waals surface area contributed by atoms with Gasteiger partial charge >= 0.3 is 0 Å². The van der Waals surface area contributed by atoms with E-state index in [0.717, 1.165) is 9.75 Å². The van der Waals surface area contributed by atoms with Crippen molar-refractivity contribution in [2.45, 2.75) is 20.0 Å². The van der Waals surface area contributed by atoms with Gasteiger partial charge in [-0.05, 0) is 26.0 Å². The van der Waals surface area contributed by atoms with Crippen LogP contribution in [0.4, 0.5) is 0 Å². The Balaban J connectivity index is 2.00. The summed E-state index contributed by atoms with van der Waals surface area (Å²) in [6.07, 6.45) is -0.812. The van der Waals surface area contributed by atoms with Crippen LogP contribution in [0, 0.1) is 13.8 Å². The number of carbonyl (C=O) groups excluding carboxylic acids is 1. The SMILES string of the molecule is Cc1cc(C(=O)NCC(O)c2ccccc2Cl)c(C)s1. The van der Waals surface area contributed by atoms with Gasteiger partial charge in [-0.3, -0.25) is 4.79 Å². The van der Waals surface area contributed by atoms with E-state index in [2.05, 4.69) is 5.32 Å². The molecule has 0 aliphatic rings. The number of amides is 1. The molecule has 1 unspecified atom stereocenters. The van der Waals surface area contributed by atoms with Crippen LogP contribution in [0.3, 0.4) is 0 Å². The fraction of sp³-hybridized carbons (Fsp3) is 0.267. The summed E-state index contributed by atoms with van der Waals surface area (Å²) in [5.74, 6) is -0.169. The summed E-state index contributed by atoms with van der Waals surface area (Å²) < 4.78 is 0. The Morgan fingerprint density at radius 2 is 2.10 bits per heavy atom. The maximum atomic E-state index is 12.1. The molecule has 5 heteroatoms. The average Bonchev–Trinajstić information content (AvgIpc) is 2.75. The monoisotopic (exact) mass is 309 g/mol. The average molecular weight is 310 g/mol. The molecular weight excluding hydrogens is 294 g/mol. The first-order valence-electron chi connectivity index (χ1n) is 6.26. The van der Waals surface area contributed by atoms with Crippen LogP contribution in [-0.2, 0) is 0 Å². The van der Waals surface area contributed by atoms with Crippen molar-refractivity contribution in [1.29, 1.82) is 0 Å². The molecule has 1 amide bonds. The van der Waals surface area contributed by atoms with Gasteiger partial charge in [0.1, 0.15) is 0 Å². The van der Waals surface area contributed by atoms with Crippen LogP contribution < -0.4 is 5.32 Å². The van der Waals surface area contributed by atoms with Crippen molar-refractivity contribution >= 4 is 28.8 Å². The van der Waals surface area contributed by atoms with Crippen LogP contribution in [0.2, 0.25) is 5.02 Å². The number of nitrogens with one attached hydrogen (secondary N) is 1. The summed E-state index contributed by atoms with van der Waals surface area (Å²) in [5, 5.41) is 13.3. The second-order valence-electron chi connectivity index (χ2n) is 4.57. The molecule has 0 radical (unpaired) electrons. The molecule has 3 nitrogen and oxygen atoms in total. The van der Waals surface area contributed by atoms with Gasteiger partial charge in [-0.1, -0.05) is 29.8 Å². The summed E-state index contributed by atoms with van der Waals surface area (Å²) >= 11 is 7.60. The minimum atomic E-state index is -0.812. The Hall–Kier alpha value is -1.36. The Morgan fingerprint density at radius 1 is 1.40 bits per heavy atom. The molecular formula is C15H16ClNO2S. The molecule has 0 aliphatic heterocycles. The third kappa shape index (κ3) is 3.39. The Bertz CT molecular complexity index is 624. The molecule has 0 fully saturated rings. The number of benzene rings is 1. The minimum absolute atomic E-state index is 0.136. The predicted octanol–water partition coefficient (Wildman–Crippen LogP) is 3.48. The molecule has 2 rings (SSSR count). The van der Waals surface area contributed by atoms with Crippen molar-refractivity contribution in [3.8, 4) is 0 Å². The standard InChI is InChI=1S/C15H16ClNO2S/c1-9-7-12(10(2)20-9)15(19)17-8-14(18)11-5-3-4-6-13(11)16/h3-7,14,18H,8H2,1-2H3,(H,17,19). The summed E-state index contributed by atoms with van der Waals surface area (Å²) in [6, 6.07) is 8.93. The molecule has 0 aliphatic carbocycles. The van der Waals surface area contributed by atoms with Crippen molar-refractivity contribution in [1.82, 2.24) is 5.32 Å². The number of aliphatic hydroxyl groups is 1. The van der Waals surface area contributed by atoms with E-state index in [4.69, 9.17) is 11.6 Å². The lowest BCUT2D eigenvalue weighted by atomic mass is 10.1. The van der Waals surface area contributed by atoms with Crippen LogP contribution in [0.25, 0.3) is 0 Å². The maximum Gasteiger partial charge on any atom is 0.252 e. The molecule has 0 bridgehead atoms. The zero-order valence-corrected chi connectivity index (χ0v) is 12.9. The second kappa shape index (κ2) is 6.39. The molecule has 1 heterocycles. The van der Waals surface area contributed by atoms with Crippen LogP contribution in [0.1, 0.15) is 31.8 Å². The predicted molar refractivity (Wildman–Crippen MR) is 82.5 cm³/mol. The topological polar surface area (TPSA) is 49.3 Å². The van der Waals surface area contributed by atoms with Crippen molar-refractivity contribution in [2.75, 3.05) is 6.54 Å². The normalized spacial score (nSPS) is 12.2. The summed E-state index contributed by atoms with van der Waals surface area (Å²) in [7, 11) is 0. The molecule has 1 atom stereocenters. The van der Waals surface area contributed by atoms with Gasteiger partial charge in [0.2, 0.25) is 0 Å². The van der Waals surface area contributed by atoms with Gasteiger partial charge in [0.05, 0.1) is 11.7 Å². The summed E-state index contributed by atoms with van der Waals surface area (Å²) in [5.41, 5.74) is 1.28. The van der Waals surface area contributed by atoms with Gasteiger partial charge in [-0.15, -0.1) is 11.3 Å². The largest absolute Gasteiger partial charge is 0.387 e. The Morgan fingerprint density at radius 3 is 2.70 bits per heavy atom. The maximum absolute atomic E-state index is 12.1. The van der Waals surface area contributed by atoms with Gasteiger partial charge in [-0.25, -0.2) is 0 Å². The molecule has 0 spiro atoms. The van der Waals surface area contributed by atoms with Crippen molar-refractivity contribution in [2.24, 2.45) is 0 Å². The Labute approximate surface area is 127 Å². The van der Waals surface area contributed by atoms with Gasteiger partial charge < -0.3 is 10.4 Å². The van der Waals surface area contributed by atoms with Crippen molar-refractivity contribution < 1.29 is 9.90 Å². The quantitative estimate of drug-likeness (QED) is 0.908. The number of carbonyl (C=O) groups is 1. The number of thiophene rings is 1. The first-order chi connectivity index (χ1) is 9.49. The number of aryl methyl sites for hydroxylation is 2. The van der Waals surface area contributed by atoms with Crippen molar-refractivity contribution in [3.63, 3.8) is 0 Å². The van der Waals surface area contributed by atoms with Crippen LogP contribution in [-0.4, -0.2) is 17.6 Å². The van der Waals surface area contributed by atoms with E-state index in [1.54, 1.807) is 35.6 Å². The first-order valence-corrected chi connectivity index (χ1v) is 7.46. The molecule has 0 saturated carbocycles. The molecule has 2 N–H and O–H groups in total. The van der Waals surface area contributed by atoms with Crippen LogP contribution in [0.5, 0.6) is 0 Å². The molecule has 1 aromatic heterocycles. The lowest BCUT2D eigenvalue weighted by molar-refractivity contribution is 0.0916. The van der Waals surface area contributed by atoms with Gasteiger partial charge in [0.25, 0.3) is 5.91 Å². The zero-order valence-electron chi connectivity index (χ0n) is 11.3. The van der Waals surface area contributed by atoms with Crippen LogP contribution >= 0.6 is 22.9 Å². The molecule has 0 saturated heterocycles. The molecule has 20 heavy (non-hydrogen) atoms. The van der Waals surface area contributed by atoms with Gasteiger partial charge in [-0.2, -0.15) is 0 Å². The minimum Gasteiger partial charge on any atom is -0.387 e. The third-order valence-corrected chi connectivity index (χ3v) is 4.32. The lowest BCUT2D eigenvalue weighted by Crippen LogP contribution is -2.28. The highest BCUT2D eigenvalue weighted by atomic mass is 35.5. The summed E-state index contributed by atoms with van der Waals surface area (Å²) in [6.45, 7) is 4.01. The van der Waals surface area contributed by atoms with Gasteiger partial charge in [0, 0.05) is 26.9 Å². The number of hydrogen-bond donors (Lipinski definition) is 2. The molecule has 2 aromatic rings. The van der Waals surface area contributed by atoms with E-state index < -0.39 is 6.10 Å². The van der Waals surface area contributed by atoms with E-state index >= 15 is 0 Å². The number of rotatable bonds is 4.